The van der Waals surface area contributed by atoms with Crippen molar-refractivity contribution in [3.05, 3.63) is 29.8 Å². The van der Waals surface area contributed by atoms with Gasteiger partial charge in [-0.2, -0.15) is 13.2 Å². The highest BCUT2D eigenvalue weighted by Gasteiger charge is 2.28. The van der Waals surface area contributed by atoms with Gasteiger partial charge in [-0.3, -0.25) is 4.90 Å². The van der Waals surface area contributed by atoms with Gasteiger partial charge < -0.3 is 25.2 Å². The zero-order valence-electron chi connectivity index (χ0n) is 17.5. The molecule has 1 saturated heterocycles. The van der Waals surface area contributed by atoms with E-state index in [4.69, 9.17) is 9.47 Å². The Labute approximate surface area is 175 Å². The maximum Gasteiger partial charge on any atom is 0.422 e. The van der Waals surface area contributed by atoms with Crippen LogP contribution in [-0.4, -0.2) is 80.3 Å². The van der Waals surface area contributed by atoms with Gasteiger partial charge in [-0.05, 0) is 31.5 Å². The number of hydrogen-bond acceptors (Lipinski definition) is 5. The highest BCUT2D eigenvalue weighted by molar-refractivity contribution is 5.79. The van der Waals surface area contributed by atoms with Crippen LogP contribution in [0.2, 0.25) is 0 Å². The molecular formula is C20H31F3N4O3. The van der Waals surface area contributed by atoms with Crippen LogP contribution in [-0.2, 0) is 11.3 Å². The van der Waals surface area contributed by atoms with E-state index < -0.39 is 18.4 Å². The molecule has 2 rings (SSSR count). The molecule has 0 amide bonds. The molecule has 0 bridgehead atoms. The second kappa shape index (κ2) is 11.4. The third kappa shape index (κ3) is 9.64. The monoisotopic (exact) mass is 432 g/mol. The molecule has 0 radical (unpaired) electrons. The van der Waals surface area contributed by atoms with Crippen molar-refractivity contribution in [1.82, 2.24) is 15.5 Å². The van der Waals surface area contributed by atoms with Crippen LogP contribution >= 0.6 is 0 Å². The van der Waals surface area contributed by atoms with E-state index in [1.807, 2.05) is 6.92 Å². The van der Waals surface area contributed by atoms with E-state index in [1.54, 1.807) is 19.1 Å². The molecule has 3 N–H and O–H groups in total. The molecule has 1 aromatic carbocycles. The number of β-amino-alcohol motifs (C(OH)–C–C–N with tert-alkyl or cyclic N) is 1. The summed E-state index contributed by atoms with van der Waals surface area (Å²) in [5.41, 5.74) is -0.245. The van der Waals surface area contributed by atoms with E-state index >= 15 is 0 Å². The molecule has 1 unspecified atom stereocenters. The number of alkyl halides is 3. The van der Waals surface area contributed by atoms with Crippen LogP contribution < -0.4 is 15.4 Å². The fourth-order valence-corrected chi connectivity index (χ4v) is 2.98. The highest BCUT2D eigenvalue weighted by atomic mass is 19.4. The SMILES string of the molecule is CCNC(=NCc1cccc(OCC(F)(F)F)c1)NCC(C)(O)CN1CCOCC1. The number of aliphatic imine (C=N–C) groups is 1. The predicted molar refractivity (Wildman–Crippen MR) is 109 cm³/mol. The van der Waals surface area contributed by atoms with Gasteiger partial charge in [0, 0.05) is 32.7 Å². The quantitative estimate of drug-likeness (QED) is 0.408. The Morgan fingerprint density at radius 3 is 2.67 bits per heavy atom. The molecule has 170 valence electrons. The number of aliphatic hydroxyl groups is 1. The summed E-state index contributed by atoms with van der Waals surface area (Å²) < 4.78 is 47.1. The lowest BCUT2D eigenvalue weighted by atomic mass is 10.1. The molecule has 7 nitrogen and oxygen atoms in total. The minimum Gasteiger partial charge on any atom is -0.484 e. The minimum atomic E-state index is -4.38. The number of ether oxygens (including phenoxy) is 2. The van der Waals surface area contributed by atoms with E-state index in [2.05, 4.69) is 20.5 Å². The molecule has 1 aliphatic rings. The smallest absolute Gasteiger partial charge is 0.422 e. The summed E-state index contributed by atoms with van der Waals surface area (Å²) in [6.07, 6.45) is -4.38. The number of guanidine groups is 1. The Hall–Kier alpha value is -2.04. The molecule has 10 heteroatoms. The number of nitrogens with zero attached hydrogens (tertiary/aromatic N) is 2. The molecular weight excluding hydrogens is 401 g/mol. The lowest BCUT2D eigenvalue weighted by molar-refractivity contribution is -0.153. The van der Waals surface area contributed by atoms with Gasteiger partial charge in [0.05, 0.1) is 25.4 Å². The second-order valence-electron chi connectivity index (χ2n) is 7.49. The van der Waals surface area contributed by atoms with Crippen LogP contribution in [0.5, 0.6) is 5.75 Å². The van der Waals surface area contributed by atoms with Crippen LogP contribution in [0.15, 0.2) is 29.3 Å². The zero-order chi connectivity index (χ0) is 22.0. The number of benzene rings is 1. The number of rotatable bonds is 9. The van der Waals surface area contributed by atoms with Gasteiger partial charge in [0.25, 0.3) is 0 Å². The predicted octanol–water partition coefficient (Wildman–Crippen LogP) is 1.77. The van der Waals surface area contributed by atoms with Crippen LogP contribution in [0, 0.1) is 0 Å². The van der Waals surface area contributed by atoms with Crippen molar-refractivity contribution in [2.75, 3.05) is 52.5 Å². The second-order valence-corrected chi connectivity index (χ2v) is 7.49. The van der Waals surface area contributed by atoms with E-state index in [1.165, 1.54) is 12.1 Å². The molecule has 0 spiro atoms. The zero-order valence-corrected chi connectivity index (χ0v) is 17.5. The average molecular weight is 432 g/mol. The van der Waals surface area contributed by atoms with Crippen LogP contribution in [0.25, 0.3) is 0 Å². The molecule has 1 atom stereocenters. The van der Waals surface area contributed by atoms with Crippen LogP contribution in [0.4, 0.5) is 13.2 Å². The van der Waals surface area contributed by atoms with Gasteiger partial charge in [0.1, 0.15) is 5.75 Å². The lowest BCUT2D eigenvalue weighted by Crippen LogP contribution is -2.52. The van der Waals surface area contributed by atoms with Gasteiger partial charge in [0.15, 0.2) is 12.6 Å². The fraction of sp³-hybridized carbons (Fsp3) is 0.650. The number of morpholine rings is 1. The van der Waals surface area contributed by atoms with E-state index in [0.29, 0.717) is 44.4 Å². The van der Waals surface area contributed by atoms with Gasteiger partial charge in [-0.25, -0.2) is 4.99 Å². The minimum absolute atomic E-state index is 0.145. The number of hydrogen-bond donors (Lipinski definition) is 3. The van der Waals surface area contributed by atoms with E-state index in [9.17, 15) is 18.3 Å². The Bertz CT molecular complexity index is 678. The maximum atomic E-state index is 12.3. The molecule has 0 saturated carbocycles. The Kier molecular flexibility index (Phi) is 9.19. The highest BCUT2D eigenvalue weighted by Crippen LogP contribution is 2.19. The number of halogens is 3. The summed E-state index contributed by atoms with van der Waals surface area (Å²) in [6, 6.07) is 6.41. The van der Waals surface area contributed by atoms with Crippen LogP contribution in [0.1, 0.15) is 19.4 Å². The number of nitrogens with one attached hydrogen (secondary N) is 2. The third-order valence-corrected chi connectivity index (χ3v) is 4.37. The Morgan fingerprint density at radius 1 is 1.27 bits per heavy atom. The normalized spacial score (nSPS) is 18.0. The summed E-state index contributed by atoms with van der Waals surface area (Å²) in [6.45, 7) is 6.97. The summed E-state index contributed by atoms with van der Waals surface area (Å²) in [5.74, 6) is 0.660. The largest absolute Gasteiger partial charge is 0.484 e. The van der Waals surface area contributed by atoms with Gasteiger partial charge in [-0.1, -0.05) is 12.1 Å². The lowest BCUT2D eigenvalue weighted by Gasteiger charge is -2.34. The van der Waals surface area contributed by atoms with Crippen molar-refractivity contribution in [3.63, 3.8) is 0 Å². The van der Waals surface area contributed by atoms with Crippen molar-refractivity contribution < 1.29 is 27.8 Å². The molecule has 0 aromatic heterocycles. The van der Waals surface area contributed by atoms with Gasteiger partial charge >= 0.3 is 6.18 Å². The first-order valence-electron chi connectivity index (χ1n) is 10.00. The standard InChI is InChI=1S/C20H31F3N4O3/c1-3-24-18(26-13-19(2,28)14-27-7-9-29-10-8-27)25-12-16-5-4-6-17(11-16)30-15-20(21,22)23/h4-6,11,28H,3,7-10,12-15H2,1-2H3,(H2,24,25,26). The first-order chi connectivity index (χ1) is 14.2. The Morgan fingerprint density at radius 2 is 2.00 bits per heavy atom. The first-order valence-corrected chi connectivity index (χ1v) is 10.00. The summed E-state index contributed by atoms with van der Waals surface area (Å²) in [5, 5.41) is 16.9. The fourth-order valence-electron chi connectivity index (χ4n) is 2.98. The van der Waals surface area contributed by atoms with Crippen molar-refractivity contribution in [2.24, 2.45) is 4.99 Å². The molecule has 1 aromatic rings. The molecule has 1 heterocycles. The van der Waals surface area contributed by atoms with E-state index in [0.717, 1.165) is 13.1 Å². The molecule has 30 heavy (non-hydrogen) atoms. The average Bonchev–Trinajstić information content (AvgIpc) is 2.69. The molecule has 0 aliphatic carbocycles. The maximum absolute atomic E-state index is 12.3. The van der Waals surface area contributed by atoms with Gasteiger partial charge in [-0.15, -0.1) is 0 Å². The first kappa shape index (κ1) is 24.2. The van der Waals surface area contributed by atoms with Gasteiger partial charge in [0.2, 0.25) is 0 Å². The van der Waals surface area contributed by atoms with Crippen molar-refractivity contribution in [3.8, 4) is 5.75 Å². The summed E-state index contributed by atoms with van der Waals surface area (Å²) in [7, 11) is 0. The summed E-state index contributed by atoms with van der Waals surface area (Å²) in [4.78, 5) is 6.61. The van der Waals surface area contributed by atoms with Crippen molar-refractivity contribution in [1.29, 1.82) is 0 Å². The third-order valence-electron chi connectivity index (χ3n) is 4.37. The van der Waals surface area contributed by atoms with E-state index in [-0.39, 0.29) is 12.3 Å². The summed E-state index contributed by atoms with van der Waals surface area (Å²) >= 11 is 0. The van der Waals surface area contributed by atoms with Crippen LogP contribution in [0.3, 0.4) is 0 Å². The molecule has 1 aliphatic heterocycles. The topological polar surface area (TPSA) is 78.4 Å². The van der Waals surface area contributed by atoms with Crippen molar-refractivity contribution >= 4 is 5.96 Å². The molecule has 1 fully saturated rings. The van der Waals surface area contributed by atoms with Crippen molar-refractivity contribution in [2.45, 2.75) is 32.2 Å². The Balaban J connectivity index is 1.90.